The zero-order valence-corrected chi connectivity index (χ0v) is 7.88. The Hall–Kier alpha value is -1.54. The fraction of sp³-hybridized carbons (Fsp3) is 0.714. The monoisotopic (exact) mass is 214 g/mol. The van der Waals surface area contributed by atoms with Gasteiger partial charge in [-0.15, -0.1) is 4.91 Å². The van der Waals surface area contributed by atoms with Crippen molar-refractivity contribution in [1.29, 1.82) is 0 Å². The second-order valence-corrected chi connectivity index (χ2v) is 3.24. The highest BCUT2D eigenvalue weighted by Gasteiger charge is 2.39. The van der Waals surface area contributed by atoms with Crippen LogP contribution in [0.25, 0.3) is 0 Å². The van der Waals surface area contributed by atoms with Gasteiger partial charge in [0, 0.05) is 24.8 Å². The lowest BCUT2D eigenvalue weighted by atomic mass is 10.2. The number of rotatable bonds is 0. The van der Waals surface area contributed by atoms with E-state index in [0.717, 1.165) is 5.06 Å². The van der Waals surface area contributed by atoms with E-state index in [1.807, 2.05) is 0 Å². The molecule has 1 unspecified atom stereocenters. The summed E-state index contributed by atoms with van der Waals surface area (Å²) in [6, 6.07) is -1.01. The lowest BCUT2D eigenvalue weighted by Crippen LogP contribution is -2.65. The molecule has 2 fully saturated rings. The number of carbonyl (C=O) groups excluding carboxylic acids is 2. The van der Waals surface area contributed by atoms with E-state index in [1.54, 1.807) is 0 Å². The zero-order valence-electron chi connectivity index (χ0n) is 7.88. The lowest BCUT2D eigenvalue weighted by molar-refractivity contribution is -0.220. The maximum atomic E-state index is 11.4. The van der Waals surface area contributed by atoms with Crippen LogP contribution in [0.15, 0.2) is 5.18 Å². The van der Waals surface area contributed by atoms with E-state index in [1.165, 1.54) is 4.90 Å². The highest BCUT2D eigenvalue weighted by molar-refractivity contribution is 5.81. The number of amides is 3. The van der Waals surface area contributed by atoms with Crippen molar-refractivity contribution < 1.29 is 14.4 Å². The van der Waals surface area contributed by atoms with Crippen molar-refractivity contribution in [3.05, 3.63) is 4.91 Å². The number of piperazine rings is 1. The van der Waals surface area contributed by atoms with E-state index in [2.05, 4.69) is 10.5 Å². The summed E-state index contributed by atoms with van der Waals surface area (Å²) in [6.07, 6.45) is -0.565. The summed E-state index contributed by atoms with van der Waals surface area (Å²) in [5.41, 5.74) is 0. The van der Waals surface area contributed by atoms with Gasteiger partial charge in [-0.1, -0.05) is 0 Å². The summed E-state index contributed by atoms with van der Waals surface area (Å²) in [5.74, 6) is -0.184. The van der Waals surface area contributed by atoms with E-state index in [-0.39, 0.29) is 12.5 Å². The standard InChI is InChI=1S/C7H10N4O4/c12-6-4-15-11(7(13)9-14)5-3-8-1-2-10(5)6/h5,8H,1-4H2. The number of hydrogen-bond donors (Lipinski definition) is 1. The topological polar surface area (TPSA) is 91.3 Å². The molecule has 2 aliphatic rings. The zero-order chi connectivity index (χ0) is 10.8. The second-order valence-electron chi connectivity index (χ2n) is 3.24. The molecule has 0 bridgehead atoms. The predicted molar refractivity (Wildman–Crippen MR) is 47.4 cm³/mol. The number of nitrogens with zero attached hydrogens (tertiary/aromatic N) is 3. The SMILES string of the molecule is O=NC(=O)N1OCC(=O)N2CCNCC21. The summed E-state index contributed by atoms with van der Waals surface area (Å²) >= 11 is 0. The van der Waals surface area contributed by atoms with Crippen LogP contribution in [0.4, 0.5) is 4.79 Å². The van der Waals surface area contributed by atoms with Gasteiger partial charge in [-0.25, -0.2) is 4.79 Å². The van der Waals surface area contributed by atoms with Crippen LogP contribution in [0.5, 0.6) is 0 Å². The van der Waals surface area contributed by atoms with Gasteiger partial charge in [0.2, 0.25) is 0 Å². The Kier molecular flexibility index (Phi) is 2.60. The fourth-order valence-corrected chi connectivity index (χ4v) is 1.71. The normalized spacial score (nSPS) is 26.1. The molecule has 0 saturated carbocycles. The number of nitroso groups, excluding NO2 is 1. The first-order chi connectivity index (χ1) is 7.24. The van der Waals surface area contributed by atoms with Crippen molar-refractivity contribution in [3.8, 4) is 0 Å². The maximum absolute atomic E-state index is 11.4. The molecule has 0 aliphatic carbocycles. The number of hydrogen-bond acceptors (Lipinski definition) is 5. The number of carbonyl (C=O) groups is 2. The average molecular weight is 214 g/mol. The number of hydroxylamine groups is 2. The Morgan fingerprint density at radius 1 is 1.60 bits per heavy atom. The quantitative estimate of drug-likeness (QED) is 0.515. The minimum atomic E-state index is -1.01. The van der Waals surface area contributed by atoms with Gasteiger partial charge in [0.15, 0.2) is 6.61 Å². The third-order valence-electron chi connectivity index (χ3n) is 2.40. The van der Waals surface area contributed by atoms with Crippen LogP contribution in [0.2, 0.25) is 0 Å². The molecular formula is C7H10N4O4. The first-order valence-electron chi connectivity index (χ1n) is 4.53. The average Bonchev–Trinajstić information content (AvgIpc) is 2.29. The van der Waals surface area contributed by atoms with Gasteiger partial charge in [0.05, 0.1) is 0 Å². The maximum Gasteiger partial charge on any atom is 0.406 e. The van der Waals surface area contributed by atoms with Crippen LogP contribution in [0.1, 0.15) is 0 Å². The molecule has 0 aromatic carbocycles. The molecule has 2 rings (SSSR count). The van der Waals surface area contributed by atoms with Gasteiger partial charge < -0.3 is 10.2 Å². The van der Waals surface area contributed by atoms with Crippen molar-refractivity contribution in [1.82, 2.24) is 15.3 Å². The van der Waals surface area contributed by atoms with Crippen molar-refractivity contribution in [2.45, 2.75) is 6.17 Å². The molecule has 15 heavy (non-hydrogen) atoms. The molecule has 0 aromatic rings. The van der Waals surface area contributed by atoms with Crippen molar-refractivity contribution >= 4 is 11.9 Å². The summed E-state index contributed by atoms with van der Waals surface area (Å²) in [6.45, 7) is 1.32. The van der Waals surface area contributed by atoms with E-state index < -0.39 is 12.2 Å². The first-order valence-corrected chi connectivity index (χ1v) is 4.53. The third kappa shape index (κ3) is 1.68. The number of urea groups is 1. The Bertz CT molecular complexity index is 307. The molecule has 0 radical (unpaired) electrons. The third-order valence-corrected chi connectivity index (χ3v) is 2.40. The molecule has 1 N–H and O–H groups in total. The molecule has 0 spiro atoms. The van der Waals surface area contributed by atoms with E-state index >= 15 is 0 Å². The van der Waals surface area contributed by atoms with Gasteiger partial charge in [-0.3, -0.25) is 9.63 Å². The summed E-state index contributed by atoms with van der Waals surface area (Å²) in [4.78, 5) is 39.0. The lowest BCUT2D eigenvalue weighted by Gasteiger charge is -2.43. The molecule has 1 atom stereocenters. The molecule has 0 aromatic heterocycles. The summed E-state index contributed by atoms with van der Waals surface area (Å²) in [5, 5.41) is 6.12. The molecule has 2 saturated heterocycles. The van der Waals surface area contributed by atoms with Crippen LogP contribution in [0, 0.1) is 4.91 Å². The summed E-state index contributed by atoms with van der Waals surface area (Å²) < 4.78 is 0. The molecule has 3 amide bonds. The van der Waals surface area contributed by atoms with Gasteiger partial charge in [0.1, 0.15) is 6.17 Å². The minimum absolute atomic E-state index is 0.184. The largest absolute Gasteiger partial charge is 0.406 e. The van der Waals surface area contributed by atoms with Crippen LogP contribution >= 0.6 is 0 Å². The smallest absolute Gasteiger partial charge is 0.315 e. The van der Waals surface area contributed by atoms with Crippen LogP contribution in [-0.2, 0) is 9.63 Å². The highest BCUT2D eigenvalue weighted by atomic mass is 16.7. The Balaban J connectivity index is 2.16. The minimum Gasteiger partial charge on any atom is -0.315 e. The Morgan fingerprint density at radius 3 is 3.13 bits per heavy atom. The van der Waals surface area contributed by atoms with Gasteiger partial charge in [-0.2, -0.15) is 5.06 Å². The molecule has 8 nitrogen and oxygen atoms in total. The van der Waals surface area contributed by atoms with E-state index in [9.17, 15) is 14.5 Å². The van der Waals surface area contributed by atoms with Crippen molar-refractivity contribution in [2.75, 3.05) is 26.2 Å². The number of nitrogens with one attached hydrogen (secondary N) is 1. The van der Waals surface area contributed by atoms with Gasteiger partial charge in [0.25, 0.3) is 5.91 Å². The van der Waals surface area contributed by atoms with Crippen LogP contribution in [0.3, 0.4) is 0 Å². The van der Waals surface area contributed by atoms with E-state index in [4.69, 9.17) is 4.84 Å². The van der Waals surface area contributed by atoms with E-state index in [0.29, 0.717) is 19.6 Å². The molecule has 82 valence electrons. The van der Waals surface area contributed by atoms with Crippen LogP contribution in [-0.4, -0.2) is 54.3 Å². The van der Waals surface area contributed by atoms with Crippen LogP contribution < -0.4 is 5.32 Å². The van der Waals surface area contributed by atoms with Crippen molar-refractivity contribution in [3.63, 3.8) is 0 Å². The Morgan fingerprint density at radius 2 is 2.40 bits per heavy atom. The molecule has 2 heterocycles. The Labute approximate surface area is 85.1 Å². The predicted octanol–water partition coefficient (Wildman–Crippen LogP) is -1.12. The van der Waals surface area contributed by atoms with Gasteiger partial charge >= 0.3 is 6.03 Å². The molecule has 2 aliphatic heterocycles. The molecule has 8 heteroatoms. The summed E-state index contributed by atoms with van der Waals surface area (Å²) in [7, 11) is 0. The van der Waals surface area contributed by atoms with Crippen molar-refractivity contribution in [2.24, 2.45) is 5.18 Å². The first kappa shape index (κ1) is 9.99. The second kappa shape index (κ2) is 3.91. The highest BCUT2D eigenvalue weighted by Crippen LogP contribution is 2.16. The fourth-order valence-electron chi connectivity index (χ4n) is 1.71. The molecular weight excluding hydrogens is 204 g/mol. The van der Waals surface area contributed by atoms with Gasteiger partial charge in [-0.05, 0) is 0 Å². The number of fused-ring (bicyclic) bond motifs is 1.